The summed E-state index contributed by atoms with van der Waals surface area (Å²) in [6, 6.07) is 22.2. The second-order valence-electron chi connectivity index (χ2n) is 7.65. The Morgan fingerprint density at radius 1 is 0.710 bits per heavy atom. The van der Waals surface area contributed by atoms with Crippen molar-refractivity contribution in [3.05, 3.63) is 114 Å². The molecule has 0 atom stereocenters. The van der Waals surface area contributed by atoms with E-state index in [0.717, 1.165) is 48.1 Å². The van der Waals surface area contributed by atoms with Gasteiger partial charge in [0.1, 0.15) is 18.2 Å². The molecule has 3 rings (SSSR count). The van der Waals surface area contributed by atoms with E-state index in [1.165, 1.54) is 11.1 Å². The van der Waals surface area contributed by atoms with Gasteiger partial charge in [-0.25, -0.2) is 4.39 Å². The maximum atomic E-state index is 14.3. The Morgan fingerprint density at radius 2 is 1.29 bits per heavy atom. The van der Waals surface area contributed by atoms with E-state index in [1.807, 2.05) is 37.3 Å². The monoisotopic (exact) mass is 414 g/mol. The number of benzene rings is 3. The first-order valence-corrected chi connectivity index (χ1v) is 11.0. The largest absolute Gasteiger partial charge is 0.489 e. The second-order valence-corrected chi connectivity index (χ2v) is 7.65. The van der Waals surface area contributed by atoms with Gasteiger partial charge in [-0.3, -0.25) is 0 Å². The van der Waals surface area contributed by atoms with Crippen LogP contribution in [-0.4, -0.2) is 0 Å². The van der Waals surface area contributed by atoms with Crippen LogP contribution in [0, 0.1) is 5.82 Å². The summed E-state index contributed by atoms with van der Waals surface area (Å²) < 4.78 is 20.1. The van der Waals surface area contributed by atoms with Crippen molar-refractivity contribution >= 4 is 0 Å². The maximum Gasteiger partial charge on any atom is 0.126 e. The average Bonchev–Trinajstić information content (AvgIpc) is 2.80. The van der Waals surface area contributed by atoms with Crippen molar-refractivity contribution in [2.45, 2.75) is 46.1 Å². The van der Waals surface area contributed by atoms with E-state index >= 15 is 0 Å². The normalized spacial score (nSPS) is 11.5. The fourth-order valence-electron chi connectivity index (χ4n) is 3.48. The summed E-state index contributed by atoms with van der Waals surface area (Å²) in [5.41, 5.74) is 5.28. The molecular formula is C29H31FO. The Balaban J connectivity index is 1.55. The molecule has 0 saturated heterocycles. The van der Waals surface area contributed by atoms with Gasteiger partial charge in [-0.1, -0.05) is 72.8 Å². The summed E-state index contributed by atoms with van der Waals surface area (Å²) in [5.74, 6) is 0.624. The summed E-state index contributed by atoms with van der Waals surface area (Å²) in [5, 5.41) is 0. The van der Waals surface area contributed by atoms with E-state index < -0.39 is 0 Å². The first-order chi connectivity index (χ1) is 15.2. The molecule has 0 aliphatic carbocycles. The third-order valence-electron chi connectivity index (χ3n) is 5.32. The van der Waals surface area contributed by atoms with Gasteiger partial charge in [-0.05, 0) is 85.5 Å². The SMILES string of the molecule is C/C=C/CCc1ccc(-c2ccc(OCc3ccc(CC/C=C/C)c(F)c3)cc2)cc1. The molecule has 1 nitrogen and oxygen atoms in total. The van der Waals surface area contributed by atoms with E-state index in [0.29, 0.717) is 6.61 Å². The van der Waals surface area contributed by atoms with E-state index in [-0.39, 0.29) is 5.82 Å². The lowest BCUT2D eigenvalue weighted by Gasteiger charge is -2.09. The van der Waals surface area contributed by atoms with Crippen LogP contribution < -0.4 is 4.74 Å². The Morgan fingerprint density at radius 3 is 1.90 bits per heavy atom. The van der Waals surface area contributed by atoms with Gasteiger partial charge in [0.25, 0.3) is 0 Å². The topological polar surface area (TPSA) is 9.23 Å². The number of rotatable bonds is 10. The minimum atomic E-state index is -0.157. The summed E-state index contributed by atoms with van der Waals surface area (Å²) in [7, 11) is 0. The van der Waals surface area contributed by atoms with Crippen molar-refractivity contribution in [1.29, 1.82) is 0 Å². The molecule has 0 bridgehead atoms. The van der Waals surface area contributed by atoms with Crippen LogP contribution in [0.5, 0.6) is 5.75 Å². The van der Waals surface area contributed by atoms with Crippen LogP contribution in [0.2, 0.25) is 0 Å². The van der Waals surface area contributed by atoms with E-state index in [1.54, 1.807) is 6.07 Å². The highest BCUT2D eigenvalue weighted by molar-refractivity contribution is 5.64. The summed E-state index contributed by atoms with van der Waals surface area (Å²) in [6.45, 7) is 4.39. The lowest BCUT2D eigenvalue weighted by atomic mass is 10.0. The highest BCUT2D eigenvalue weighted by atomic mass is 19.1. The third kappa shape index (κ3) is 6.96. The fraction of sp³-hybridized carbons (Fsp3) is 0.241. The van der Waals surface area contributed by atoms with Crippen molar-refractivity contribution < 1.29 is 9.13 Å². The first kappa shape index (κ1) is 22.6. The Labute approximate surface area is 185 Å². The fourth-order valence-corrected chi connectivity index (χ4v) is 3.48. The number of hydrogen-bond donors (Lipinski definition) is 0. The predicted molar refractivity (Wildman–Crippen MR) is 129 cm³/mol. The van der Waals surface area contributed by atoms with Crippen molar-refractivity contribution in [3.63, 3.8) is 0 Å². The molecule has 0 fully saturated rings. The van der Waals surface area contributed by atoms with E-state index in [2.05, 4.69) is 61.5 Å². The predicted octanol–water partition coefficient (Wildman–Crippen LogP) is 8.09. The van der Waals surface area contributed by atoms with Gasteiger partial charge in [-0.15, -0.1) is 0 Å². The zero-order chi connectivity index (χ0) is 21.9. The molecule has 0 amide bonds. The lowest BCUT2D eigenvalue weighted by Crippen LogP contribution is -1.98. The van der Waals surface area contributed by atoms with E-state index in [9.17, 15) is 4.39 Å². The van der Waals surface area contributed by atoms with Gasteiger partial charge in [0.05, 0.1) is 0 Å². The first-order valence-electron chi connectivity index (χ1n) is 11.0. The summed E-state index contributed by atoms with van der Waals surface area (Å²) in [6.07, 6.45) is 12.0. The molecule has 0 saturated carbocycles. The van der Waals surface area contributed by atoms with Crippen LogP contribution in [0.25, 0.3) is 11.1 Å². The molecule has 160 valence electrons. The molecular weight excluding hydrogens is 383 g/mol. The molecule has 0 radical (unpaired) electrons. The highest BCUT2D eigenvalue weighted by Crippen LogP contribution is 2.24. The van der Waals surface area contributed by atoms with Gasteiger partial charge >= 0.3 is 0 Å². The molecule has 0 heterocycles. The van der Waals surface area contributed by atoms with Crippen LogP contribution >= 0.6 is 0 Å². The molecule has 0 unspecified atom stereocenters. The van der Waals surface area contributed by atoms with Crippen LogP contribution in [-0.2, 0) is 19.4 Å². The maximum absolute atomic E-state index is 14.3. The smallest absolute Gasteiger partial charge is 0.126 e. The molecule has 3 aromatic rings. The molecule has 2 heteroatoms. The molecule has 0 N–H and O–H groups in total. The van der Waals surface area contributed by atoms with Crippen molar-refractivity contribution in [1.82, 2.24) is 0 Å². The Bertz CT molecular complexity index is 998. The minimum absolute atomic E-state index is 0.157. The lowest BCUT2D eigenvalue weighted by molar-refractivity contribution is 0.305. The van der Waals surface area contributed by atoms with Crippen molar-refractivity contribution in [2.24, 2.45) is 0 Å². The molecule has 0 aliphatic heterocycles. The number of halogens is 1. The molecule has 0 spiro atoms. The summed E-state index contributed by atoms with van der Waals surface area (Å²) in [4.78, 5) is 0. The van der Waals surface area contributed by atoms with Crippen molar-refractivity contribution in [3.8, 4) is 16.9 Å². The standard InChI is InChI=1S/C29H31FO/c1-3-5-7-9-23-11-14-25(15-12-23)26-17-19-28(20-18-26)31-22-24-13-16-27(29(30)21-24)10-8-6-4-2/h3-6,11-21H,7-10,22H2,1-2H3/b5-3+,6-4+. The number of aryl methyl sites for hydroxylation is 2. The van der Waals surface area contributed by atoms with Gasteiger partial charge in [0.2, 0.25) is 0 Å². The van der Waals surface area contributed by atoms with Crippen LogP contribution in [0.4, 0.5) is 4.39 Å². The van der Waals surface area contributed by atoms with E-state index in [4.69, 9.17) is 4.74 Å². The Hall–Kier alpha value is -3.13. The van der Waals surface area contributed by atoms with Gasteiger partial charge in [-0.2, -0.15) is 0 Å². The number of allylic oxidation sites excluding steroid dienone is 4. The Kier molecular flexibility index (Phi) is 8.66. The molecule has 0 aliphatic rings. The summed E-state index contributed by atoms with van der Waals surface area (Å²) >= 11 is 0. The highest BCUT2D eigenvalue weighted by Gasteiger charge is 2.05. The van der Waals surface area contributed by atoms with Crippen LogP contribution in [0.1, 0.15) is 43.4 Å². The average molecular weight is 415 g/mol. The molecule has 3 aromatic carbocycles. The van der Waals surface area contributed by atoms with Crippen LogP contribution in [0.15, 0.2) is 91.0 Å². The van der Waals surface area contributed by atoms with Crippen LogP contribution in [0.3, 0.4) is 0 Å². The third-order valence-corrected chi connectivity index (χ3v) is 5.32. The van der Waals surface area contributed by atoms with Gasteiger partial charge in [0, 0.05) is 0 Å². The van der Waals surface area contributed by atoms with Gasteiger partial charge in [0.15, 0.2) is 0 Å². The molecule has 31 heavy (non-hydrogen) atoms. The zero-order valence-electron chi connectivity index (χ0n) is 18.5. The number of hydrogen-bond acceptors (Lipinski definition) is 1. The van der Waals surface area contributed by atoms with Crippen molar-refractivity contribution in [2.75, 3.05) is 0 Å². The number of ether oxygens (including phenoxy) is 1. The molecule has 0 aromatic heterocycles. The second kappa shape index (κ2) is 11.9. The van der Waals surface area contributed by atoms with Gasteiger partial charge < -0.3 is 4.74 Å². The quantitative estimate of drug-likeness (QED) is 0.305. The zero-order valence-corrected chi connectivity index (χ0v) is 18.5. The minimum Gasteiger partial charge on any atom is -0.489 e.